The average molecular weight is 295 g/mol. The summed E-state index contributed by atoms with van der Waals surface area (Å²) in [6.07, 6.45) is 0. The van der Waals surface area contributed by atoms with E-state index in [9.17, 15) is 14.3 Å². The molecule has 104 valence electrons. The van der Waals surface area contributed by atoms with Crippen LogP contribution in [0, 0.1) is 5.82 Å². The second kappa shape index (κ2) is 5.79. The van der Waals surface area contributed by atoms with Gasteiger partial charge in [0, 0.05) is 12.7 Å². The number of urea groups is 1. The quantitative estimate of drug-likeness (QED) is 0.884. The van der Waals surface area contributed by atoms with Crippen LogP contribution in [-0.2, 0) is 0 Å². The molecule has 0 radical (unpaired) electrons. The molecule has 2 N–H and O–H groups in total. The van der Waals surface area contributed by atoms with E-state index in [1.807, 2.05) is 0 Å². The maximum atomic E-state index is 13.6. The van der Waals surface area contributed by atoms with Gasteiger partial charge in [0.1, 0.15) is 11.6 Å². The summed E-state index contributed by atoms with van der Waals surface area (Å²) in [4.78, 5) is 13.3. The molecule has 0 heterocycles. The second-order valence-corrected chi connectivity index (χ2v) is 4.51. The summed E-state index contributed by atoms with van der Waals surface area (Å²) < 4.78 is 13.6. The molecule has 2 aromatic rings. The fourth-order valence-corrected chi connectivity index (χ4v) is 1.81. The van der Waals surface area contributed by atoms with Gasteiger partial charge in [0.2, 0.25) is 0 Å². The molecule has 2 aromatic carbocycles. The summed E-state index contributed by atoms with van der Waals surface area (Å²) in [5, 5.41) is 11.7. The lowest BCUT2D eigenvalue weighted by atomic mass is 10.3. The normalized spacial score (nSPS) is 10.2. The number of phenols is 1. The zero-order valence-corrected chi connectivity index (χ0v) is 11.4. The lowest BCUT2D eigenvalue weighted by Crippen LogP contribution is -2.31. The molecule has 0 atom stereocenters. The summed E-state index contributed by atoms with van der Waals surface area (Å²) in [5.41, 5.74) is 0.484. The van der Waals surface area contributed by atoms with Crippen LogP contribution in [0.25, 0.3) is 0 Å². The van der Waals surface area contributed by atoms with Gasteiger partial charge in [-0.1, -0.05) is 17.7 Å². The number of hydrogen-bond donors (Lipinski definition) is 2. The molecule has 4 nitrogen and oxygen atoms in total. The SMILES string of the molecule is CN(C(=O)Nc1c(F)cccc1Cl)c1ccc(O)cc1. The van der Waals surface area contributed by atoms with Gasteiger partial charge in [0.05, 0.1) is 10.7 Å². The minimum absolute atomic E-state index is 0.0650. The van der Waals surface area contributed by atoms with Crippen LogP contribution in [0.1, 0.15) is 0 Å². The maximum Gasteiger partial charge on any atom is 0.326 e. The molecule has 2 amide bonds. The number of hydrogen-bond acceptors (Lipinski definition) is 2. The predicted molar refractivity (Wildman–Crippen MR) is 76.9 cm³/mol. The van der Waals surface area contributed by atoms with E-state index in [-0.39, 0.29) is 16.5 Å². The first-order valence-electron chi connectivity index (χ1n) is 5.77. The van der Waals surface area contributed by atoms with Gasteiger partial charge < -0.3 is 10.4 Å². The predicted octanol–water partition coefficient (Wildman–Crippen LogP) is 3.85. The smallest absolute Gasteiger partial charge is 0.326 e. The largest absolute Gasteiger partial charge is 0.508 e. The standard InChI is InChI=1S/C14H12ClFN2O2/c1-18(9-5-7-10(19)8-6-9)14(20)17-13-11(15)3-2-4-12(13)16/h2-8,19H,1H3,(H,17,20). The van der Waals surface area contributed by atoms with Crippen molar-refractivity contribution in [1.82, 2.24) is 0 Å². The highest BCUT2D eigenvalue weighted by Gasteiger charge is 2.15. The Hall–Kier alpha value is -2.27. The van der Waals surface area contributed by atoms with Crippen molar-refractivity contribution < 1.29 is 14.3 Å². The van der Waals surface area contributed by atoms with Crippen molar-refractivity contribution in [1.29, 1.82) is 0 Å². The van der Waals surface area contributed by atoms with E-state index in [1.54, 1.807) is 12.1 Å². The van der Waals surface area contributed by atoms with Crippen molar-refractivity contribution in [2.45, 2.75) is 0 Å². The molecule has 0 aromatic heterocycles. The highest BCUT2D eigenvalue weighted by atomic mass is 35.5. The topological polar surface area (TPSA) is 52.6 Å². The molecule has 2 rings (SSSR count). The van der Waals surface area contributed by atoms with E-state index in [4.69, 9.17) is 11.6 Å². The van der Waals surface area contributed by atoms with E-state index >= 15 is 0 Å². The van der Waals surface area contributed by atoms with Crippen molar-refractivity contribution in [2.75, 3.05) is 17.3 Å². The van der Waals surface area contributed by atoms with E-state index in [2.05, 4.69) is 5.32 Å². The first-order valence-corrected chi connectivity index (χ1v) is 6.14. The number of carbonyl (C=O) groups is 1. The van der Waals surface area contributed by atoms with Crippen LogP contribution in [0.5, 0.6) is 5.75 Å². The van der Waals surface area contributed by atoms with Crippen LogP contribution < -0.4 is 10.2 Å². The van der Waals surface area contributed by atoms with Crippen molar-refractivity contribution in [3.8, 4) is 5.75 Å². The number of anilines is 2. The third-order valence-electron chi connectivity index (χ3n) is 2.74. The van der Waals surface area contributed by atoms with E-state index in [0.717, 1.165) is 0 Å². The number of carbonyl (C=O) groups excluding carboxylic acids is 1. The lowest BCUT2D eigenvalue weighted by molar-refractivity contribution is 0.258. The fourth-order valence-electron chi connectivity index (χ4n) is 1.60. The third kappa shape index (κ3) is 3.00. The highest BCUT2D eigenvalue weighted by molar-refractivity contribution is 6.33. The Morgan fingerprint density at radius 2 is 1.90 bits per heavy atom. The van der Waals surface area contributed by atoms with Crippen molar-refractivity contribution in [2.24, 2.45) is 0 Å². The summed E-state index contributed by atoms with van der Waals surface area (Å²) in [6.45, 7) is 0. The van der Waals surface area contributed by atoms with Crippen molar-refractivity contribution in [3.63, 3.8) is 0 Å². The Morgan fingerprint density at radius 1 is 1.25 bits per heavy atom. The molecule has 0 unspecified atom stereocenters. The molecular formula is C14H12ClFN2O2. The number of nitrogens with one attached hydrogen (secondary N) is 1. The number of rotatable bonds is 2. The van der Waals surface area contributed by atoms with Gasteiger partial charge in [0.15, 0.2) is 0 Å². The first-order chi connectivity index (χ1) is 9.49. The van der Waals surface area contributed by atoms with Crippen LogP contribution in [0.4, 0.5) is 20.6 Å². The molecule has 0 spiro atoms. The van der Waals surface area contributed by atoms with Gasteiger partial charge in [0.25, 0.3) is 0 Å². The van der Waals surface area contributed by atoms with Gasteiger partial charge in [-0.05, 0) is 36.4 Å². The van der Waals surface area contributed by atoms with Crippen LogP contribution in [0.3, 0.4) is 0 Å². The number of benzene rings is 2. The molecule has 0 aliphatic heterocycles. The van der Waals surface area contributed by atoms with Gasteiger partial charge in [-0.3, -0.25) is 4.90 Å². The highest BCUT2D eigenvalue weighted by Crippen LogP contribution is 2.25. The Balaban J connectivity index is 2.18. The minimum atomic E-state index is -0.607. The molecule has 0 saturated carbocycles. The van der Waals surface area contributed by atoms with Gasteiger partial charge >= 0.3 is 6.03 Å². The zero-order valence-electron chi connectivity index (χ0n) is 10.6. The van der Waals surface area contributed by atoms with Crippen LogP contribution in [0.15, 0.2) is 42.5 Å². The Kier molecular flexibility index (Phi) is 4.10. The molecule has 0 saturated heterocycles. The fraction of sp³-hybridized carbons (Fsp3) is 0.0714. The number of aromatic hydroxyl groups is 1. The summed E-state index contributed by atoms with van der Waals surface area (Å²) >= 11 is 5.84. The number of phenolic OH excluding ortho intramolecular Hbond substituents is 1. The molecule has 20 heavy (non-hydrogen) atoms. The second-order valence-electron chi connectivity index (χ2n) is 4.10. The van der Waals surface area contributed by atoms with Crippen molar-refractivity contribution >= 4 is 29.0 Å². The van der Waals surface area contributed by atoms with Crippen LogP contribution in [0.2, 0.25) is 5.02 Å². The van der Waals surface area contributed by atoms with Crippen LogP contribution in [-0.4, -0.2) is 18.2 Å². The molecule has 0 bridgehead atoms. The lowest BCUT2D eigenvalue weighted by Gasteiger charge is -2.18. The Labute approximate surface area is 120 Å². The first kappa shape index (κ1) is 14.1. The van der Waals surface area contributed by atoms with Gasteiger partial charge in [-0.25, -0.2) is 9.18 Å². The van der Waals surface area contributed by atoms with Crippen molar-refractivity contribution in [3.05, 3.63) is 53.3 Å². The van der Waals surface area contributed by atoms with E-state index < -0.39 is 11.8 Å². The number of para-hydroxylation sites is 1. The monoisotopic (exact) mass is 294 g/mol. The summed E-state index contributed by atoms with van der Waals surface area (Å²) in [6, 6.07) is 9.66. The van der Waals surface area contributed by atoms with Gasteiger partial charge in [-0.2, -0.15) is 0 Å². The van der Waals surface area contributed by atoms with E-state index in [1.165, 1.54) is 42.3 Å². The number of amides is 2. The number of nitrogens with zero attached hydrogens (tertiary/aromatic N) is 1. The Morgan fingerprint density at radius 3 is 2.50 bits per heavy atom. The molecular weight excluding hydrogens is 283 g/mol. The molecule has 0 fully saturated rings. The number of halogens is 2. The Bertz CT molecular complexity index is 611. The zero-order chi connectivity index (χ0) is 14.7. The maximum absolute atomic E-state index is 13.6. The van der Waals surface area contributed by atoms with Gasteiger partial charge in [-0.15, -0.1) is 0 Å². The molecule has 0 aliphatic rings. The third-order valence-corrected chi connectivity index (χ3v) is 3.05. The summed E-state index contributed by atoms with van der Waals surface area (Å²) in [7, 11) is 1.52. The summed E-state index contributed by atoms with van der Waals surface area (Å²) in [5.74, 6) is -0.510. The average Bonchev–Trinajstić information content (AvgIpc) is 2.43. The van der Waals surface area contributed by atoms with Crippen LogP contribution >= 0.6 is 11.6 Å². The minimum Gasteiger partial charge on any atom is -0.508 e. The molecule has 0 aliphatic carbocycles. The molecule has 6 heteroatoms. The van der Waals surface area contributed by atoms with E-state index in [0.29, 0.717) is 5.69 Å².